The molecule has 16 heavy (non-hydrogen) atoms. The first-order valence-corrected chi connectivity index (χ1v) is 5.18. The van der Waals surface area contributed by atoms with Crippen LogP contribution in [-0.4, -0.2) is 30.4 Å². The molecule has 0 aromatic heterocycles. The smallest absolute Gasteiger partial charge is 0.235 e. The third-order valence-electron chi connectivity index (χ3n) is 2.94. The zero-order valence-electron chi connectivity index (χ0n) is 9.06. The number of carbonyl (C=O) groups is 1. The molecule has 2 atom stereocenters. The number of amides is 1. The summed E-state index contributed by atoms with van der Waals surface area (Å²) in [4.78, 5) is 13.0. The van der Waals surface area contributed by atoms with Crippen LogP contribution >= 0.6 is 0 Å². The second-order valence-corrected chi connectivity index (χ2v) is 4.14. The number of rotatable bonds is 2. The highest BCUT2D eigenvalue weighted by Gasteiger charge is 2.34. The predicted molar refractivity (Wildman–Crippen MR) is 59.1 cm³/mol. The molecule has 85 valence electrons. The molecule has 0 bridgehead atoms. The van der Waals surface area contributed by atoms with E-state index in [0.717, 1.165) is 5.56 Å². The van der Waals surface area contributed by atoms with E-state index in [4.69, 9.17) is 5.73 Å². The number of hydrogen-bond acceptors (Lipinski definition) is 2. The summed E-state index contributed by atoms with van der Waals surface area (Å²) < 4.78 is 13.1. The highest BCUT2D eigenvalue weighted by Crippen LogP contribution is 2.29. The molecule has 0 saturated carbocycles. The van der Waals surface area contributed by atoms with Crippen molar-refractivity contribution in [2.75, 3.05) is 13.6 Å². The lowest BCUT2D eigenvalue weighted by Crippen LogP contribution is -2.37. The molecule has 1 aromatic rings. The van der Waals surface area contributed by atoms with Crippen LogP contribution in [0.1, 0.15) is 11.5 Å². The summed E-state index contributed by atoms with van der Waals surface area (Å²) in [5.41, 5.74) is 6.16. The van der Waals surface area contributed by atoms with Crippen LogP contribution in [0.5, 0.6) is 0 Å². The van der Waals surface area contributed by atoms with Gasteiger partial charge in [-0.05, 0) is 31.2 Å². The van der Waals surface area contributed by atoms with E-state index in [1.807, 2.05) is 24.4 Å². The average Bonchev–Trinajstić information content (AvgIpc) is 2.60. The van der Waals surface area contributed by atoms with Gasteiger partial charge in [-0.1, -0.05) is 12.1 Å². The Morgan fingerprint density at radius 1 is 1.56 bits per heavy atom. The number of likely N-dealkylation sites (tertiary alicyclic amines) is 1. The number of benzene rings is 1. The fraction of sp³-hybridized carbons (Fsp3) is 0.333. The first-order chi connectivity index (χ1) is 7.58. The summed E-state index contributed by atoms with van der Waals surface area (Å²) in [6, 6.07) is 6.09. The van der Waals surface area contributed by atoms with Crippen LogP contribution in [0.25, 0.3) is 0 Å². The Labute approximate surface area is 94.0 Å². The molecule has 4 heteroatoms. The largest absolute Gasteiger partial charge is 0.368 e. The van der Waals surface area contributed by atoms with Crippen LogP contribution in [0.3, 0.4) is 0 Å². The lowest BCUT2D eigenvalue weighted by molar-refractivity contribution is -0.120. The molecule has 1 aliphatic rings. The molecule has 1 heterocycles. The van der Waals surface area contributed by atoms with Crippen LogP contribution < -0.4 is 5.73 Å². The second-order valence-electron chi connectivity index (χ2n) is 4.14. The predicted octanol–water partition coefficient (Wildman–Crippen LogP) is 0.913. The van der Waals surface area contributed by atoms with E-state index in [-0.39, 0.29) is 23.7 Å². The van der Waals surface area contributed by atoms with Crippen LogP contribution in [-0.2, 0) is 4.79 Å². The maximum Gasteiger partial charge on any atom is 0.235 e. The Kier molecular flexibility index (Phi) is 2.92. The summed E-state index contributed by atoms with van der Waals surface area (Å²) in [5, 5.41) is 0. The molecule has 1 fully saturated rings. The molecule has 1 aliphatic heterocycles. The first kappa shape index (κ1) is 11.1. The van der Waals surface area contributed by atoms with Gasteiger partial charge in [0.05, 0.1) is 6.04 Å². The van der Waals surface area contributed by atoms with E-state index in [1.54, 1.807) is 6.07 Å². The summed E-state index contributed by atoms with van der Waals surface area (Å²) in [5.74, 6) is -0.546. The zero-order valence-corrected chi connectivity index (χ0v) is 9.06. The van der Waals surface area contributed by atoms with E-state index in [0.29, 0.717) is 6.54 Å². The average molecular weight is 221 g/mol. The van der Waals surface area contributed by atoms with Crippen molar-refractivity contribution in [3.05, 3.63) is 42.1 Å². The molecule has 0 aliphatic carbocycles. The zero-order chi connectivity index (χ0) is 11.7. The molecular weight excluding hydrogens is 207 g/mol. The van der Waals surface area contributed by atoms with Crippen molar-refractivity contribution in [1.82, 2.24) is 4.90 Å². The van der Waals surface area contributed by atoms with Crippen molar-refractivity contribution in [1.29, 1.82) is 0 Å². The lowest BCUT2D eigenvalue weighted by Gasteiger charge is -2.14. The van der Waals surface area contributed by atoms with Crippen LogP contribution in [0, 0.1) is 12.2 Å². The van der Waals surface area contributed by atoms with E-state index in [9.17, 15) is 9.18 Å². The molecular formula is C12H14FN2O. The van der Waals surface area contributed by atoms with Gasteiger partial charge < -0.3 is 5.73 Å². The minimum absolute atomic E-state index is 0.0678. The molecule has 1 saturated heterocycles. The SMILES string of the molecule is CN1C[C@@H](c2cccc(F)c2)[CH]C1C(N)=O. The highest BCUT2D eigenvalue weighted by molar-refractivity contribution is 5.82. The Morgan fingerprint density at radius 2 is 2.31 bits per heavy atom. The van der Waals surface area contributed by atoms with Crippen LogP contribution in [0.4, 0.5) is 4.39 Å². The Bertz CT molecular complexity index is 408. The molecule has 2 rings (SSSR count). The van der Waals surface area contributed by atoms with Gasteiger partial charge in [-0.25, -0.2) is 4.39 Å². The van der Waals surface area contributed by atoms with Gasteiger partial charge in [0, 0.05) is 12.5 Å². The molecule has 2 N–H and O–H groups in total. The summed E-state index contributed by atoms with van der Waals surface area (Å²) >= 11 is 0. The third kappa shape index (κ3) is 2.07. The fourth-order valence-corrected chi connectivity index (χ4v) is 2.12. The van der Waals surface area contributed by atoms with Gasteiger partial charge in [-0.3, -0.25) is 9.69 Å². The number of nitrogens with two attached hydrogens (primary N) is 1. The van der Waals surface area contributed by atoms with Gasteiger partial charge in [0.25, 0.3) is 0 Å². The van der Waals surface area contributed by atoms with Crippen molar-refractivity contribution in [2.45, 2.75) is 12.0 Å². The van der Waals surface area contributed by atoms with Gasteiger partial charge in [0.2, 0.25) is 5.91 Å². The van der Waals surface area contributed by atoms with Gasteiger partial charge in [0.1, 0.15) is 5.82 Å². The van der Waals surface area contributed by atoms with Crippen molar-refractivity contribution in [3.8, 4) is 0 Å². The maximum absolute atomic E-state index is 13.1. The Hall–Kier alpha value is -1.42. The Morgan fingerprint density at radius 3 is 2.88 bits per heavy atom. The summed E-state index contributed by atoms with van der Waals surface area (Å²) in [7, 11) is 1.84. The van der Waals surface area contributed by atoms with Gasteiger partial charge in [-0.2, -0.15) is 0 Å². The third-order valence-corrected chi connectivity index (χ3v) is 2.94. The molecule has 0 spiro atoms. The van der Waals surface area contributed by atoms with E-state index in [1.165, 1.54) is 12.1 Å². The number of hydrogen-bond donors (Lipinski definition) is 1. The molecule has 1 amide bonds. The maximum atomic E-state index is 13.1. The topological polar surface area (TPSA) is 46.3 Å². The number of nitrogens with zero attached hydrogens (tertiary/aromatic N) is 1. The van der Waals surface area contributed by atoms with Crippen LogP contribution in [0.15, 0.2) is 24.3 Å². The van der Waals surface area contributed by atoms with Crippen molar-refractivity contribution in [3.63, 3.8) is 0 Å². The standard InChI is InChI=1S/C12H14FN2O/c1-15-7-9(6-11(15)12(14)16)8-3-2-4-10(13)5-8/h2-6,9,11H,7H2,1H3,(H2,14,16)/t9-,11?/m0/s1. The highest BCUT2D eigenvalue weighted by atomic mass is 19.1. The van der Waals surface area contributed by atoms with Gasteiger partial charge in [0.15, 0.2) is 0 Å². The fourth-order valence-electron chi connectivity index (χ4n) is 2.12. The number of primary amides is 1. The number of likely N-dealkylation sites (N-methyl/N-ethyl adjacent to an activating group) is 1. The second kappa shape index (κ2) is 4.22. The first-order valence-electron chi connectivity index (χ1n) is 5.18. The number of halogens is 1. The quantitative estimate of drug-likeness (QED) is 0.807. The molecule has 3 nitrogen and oxygen atoms in total. The van der Waals surface area contributed by atoms with Crippen molar-refractivity contribution >= 4 is 5.91 Å². The summed E-state index contributed by atoms with van der Waals surface area (Å²) in [6.45, 7) is 0.692. The van der Waals surface area contributed by atoms with Gasteiger partial charge in [-0.15, -0.1) is 0 Å². The molecule has 1 aromatic carbocycles. The molecule has 1 radical (unpaired) electrons. The van der Waals surface area contributed by atoms with Gasteiger partial charge >= 0.3 is 0 Å². The van der Waals surface area contributed by atoms with E-state index >= 15 is 0 Å². The minimum atomic E-state index is -0.360. The monoisotopic (exact) mass is 221 g/mol. The minimum Gasteiger partial charge on any atom is -0.368 e. The number of carbonyl (C=O) groups excluding carboxylic acids is 1. The van der Waals surface area contributed by atoms with Crippen LogP contribution in [0.2, 0.25) is 0 Å². The van der Waals surface area contributed by atoms with E-state index < -0.39 is 0 Å². The molecule has 1 unspecified atom stereocenters. The summed E-state index contributed by atoms with van der Waals surface area (Å²) in [6.07, 6.45) is 1.87. The van der Waals surface area contributed by atoms with E-state index in [2.05, 4.69) is 0 Å². The normalized spacial score (nSPS) is 25.9. The Balaban J connectivity index is 2.16. The lowest BCUT2D eigenvalue weighted by atomic mass is 9.96. The van der Waals surface area contributed by atoms with Crippen molar-refractivity contribution in [2.24, 2.45) is 5.73 Å². The van der Waals surface area contributed by atoms with Crippen molar-refractivity contribution < 1.29 is 9.18 Å².